The van der Waals surface area contributed by atoms with E-state index in [0.29, 0.717) is 12.0 Å². The Balaban J connectivity index is 2.75. The van der Waals surface area contributed by atoms with Crippen LogP contribution in [-0.2, 0) is 11.3 Å². The van der Waals surface area contributed by atoms with E-state index in [-0.39, 0.29) is 12.3 Å². The lowest BCUT2D eigenvalue weighted by Crippen LogP contribution is -2.10. The van der Waals surface area contributed by atoms with Crippen molar-refractivity contribution in [3.05, 3.63) is 35.5 Å². The molecule has 0 aliphatic rings. The minimum atomic E-state index is -0.908. The molecule has 2 rings (SSSR count). The molecule has 1 aromatic carbocycles. The molecule has 94 valence electrons. The molecule has 2 aromatic rings. The van der Waals surface area contributed by atoms with Gasteiger partial charge in [0.15, 0.2) is 5.78 Å². The Labute approximate surface area is 105 Å². The number of aliphatic carboxylic acids is 1. The maximum absolute atomic E-state index is 12.0. The van der Waals surface area contributed by atoms with Crippen molar-refractivity contribution in [3.63, 3.8) is 0 Å². The molecule has 0 radical (unpaired) electrons. The van der Waals surface area contributed by atoms with Crippen molar-refractivity contribution in [2.24, 2.45) is 0 Å². The van der Waals surface area contributed by atoms with Gasteiger partial charge in [-0.3, -0.25) is 9.59 Å². The molecular weight excluding hydrogens is 230 g/mol. The van der Waals surface area contributed by atoms with Gasteiger partial charge in [0.2, 0.25) is 0 Å². The third kappa shape index (κ3) is 1.90. The van der Waals surface area contributed by atoms with E-state index in [1.54, 1.807) is 11.5 Å². The second-order valence-corrected chi connectivity index (χ2v) is 4.23. The van der Waals surface area contributed by atoms with Crippen LogP contribution in [0.4, 0.5) is 0 Å². The van der Waals surface area contributed by atoms with Gasteiger partial charge in [-0.1, -0.05) is 25.1 Å². The Kier molecular flexibility index (Phi) is 3.19. The van der Waals surface area contributed by atoms with Crippen LogP contribution in [0.5, 0.6) is 0 Å². The average Bonchev–Trinajstić information content (AvgIpc) is 2.62. The van der Waals surface area contributed by atoms with E-state index >= 15 is 0 Å². The average molecular weight is 245 g/mol. The summed E-state index contributed by atoms with van der Waals surface area (Å²) in [6.45, 7) is 3.49. The fraction of sp³-hybridized carbons (Fsp3) is 0.286. The van der Waals surface area contributed by atoms with Crippen molar-refractivity contribution in [3.8, 4) is 0 Å². The number of aromatic nitrogens is 1. The van der Waals surface area contributed by atoms with E-state index < -0.39 is 5.97 Å². The lowest BCUT2D eigenvalue weighted by atomic mass is 10.1. The maximum Gasteiger partial charge on any atom is 0.323 e. The molecule has 0 bridgehead atoms. The normalized spacial score (nSPS) is 10.8. The molecule has 0 saturated carbocycles. The molecule has 0 spiro atoms. The largest absolute Gasteiger partial charge is 0.480 e. The van der Waals surface area contributed by atoms with Crippen molar-refractivity contribution in [1.82, 2.24) is 4.57 Å². The SMILES string of the molecule is CCC(=O)c1c(C)n(CC(=O)O)c2ccccc12. The fourth-order valence-corrected chi connectivity index (χ4v) is 2.30. The van der Waals surface area contributed by atoms with Crippen molar-refractivity contribution >= 4 is 22.7 Å². The molecule has 1 heterocycles. The highest BCUT2D eigenvalue weighted by atomic mass is 16.4. The lowest BCUT2D eigenvalue weighted by Gasteiger charge is -2.04. The first kappa shape index (κ1) is 12.4. The predicted molar refractivity (Wildman–Crippen MR) is 68.9 cm³/mol. The van der Waals surface area contributed by atoms with Crippen LogP contribution in [0, 0.1) is 6.92 Å². The first-order valence-corrected chi connectivity index (χ1v) is 5.89. The first-order valence-electron chi connectivity index (χ1n) is 5.89. The molecule has 4 nitrogen and oxygen atoms in total. The summed E-state index contributed by atoms with van der Waals surface area (Å²) in [7, 11) is 0. The molecule has 1 N–H and O–H groups in total. The van der Waals surface area contributed by atoms with E-state index in [9.17, 15) is 9.59 Å². The number of hydrogen-bond acceptors (Lipinski definition) is 2. The van der Waals surface area contributed by atoms with Gasteiger partial charge >= 0.3 is 5.97 Å². The first-order chi connectivity index (χ1) is 8.56. The van der Waals surface area contributed by atoms with Crippen LogP contribution in [0.25, 0.3) is 10.9 Å². The zero-order valence-electron chi connectivity index (χ0n) is 10.4. The van der Waals surface area contributed by atoms with E-state index in [1.807, 2.05) is 31.2 Å². The summed E-state index contributed by atoms with van der Waals surface area (Å²) in [5.74, 6) is -0.859. The van der Waals surface area contributed by atoms with Gasteiger partial charge in [0.05, 0.1) is 0 Å². The van der Waals surface area contributed by atoms with Crippen LogP contribution < -0.4 is 0 Å². The highest BCUT2D eigenvalue weighted by Gasteiger charge is 2.19. The Morgan fingerprint density at radius 1 is 1.28 bits per heavy atom. The molecule has 0 unspecified atom stereocenters. The zero-order valence-corrected chi connectivity index (χ0v) is 10.4. The van der Waals surface area contributed by atoms with Gasteiger partial charge in [-0.05, 0) is 13.0 Å². The summed E-state index contributed by atoms with van der Waals surface area (Å²) < 4.78 is 1.68. The topological polar surface area (TPSA) is 59.3 Å². The summed E-state index contributed by atoms with van der Waals surface area (Å²) >= 11 is 0. The van der Waals surface area contributed by atoms with Gasteiger partial charge in [-0.25, -0.2) is 0 Å². The van der Waals surface area contributed by atoms with Gasteiger partial charge in [-0.15, -0.1) is 0 Å². The molecule has 0 saturated heterocycles. The van der Waals surface area contributed by atoms with Crippen LogP contribution >= 0.6 is 0 Å². The number of Topliss-reactive ketones (excluding diaryl/α,β-unsaturated/α-hetero) is 1. The highest BCUT2D eigenvalue weighted by Crippen LogP contribution is 2.26. The standard InChI is InChI=1S/C14H15NO3/c1-3-12(16)14-9(2)15(8-13(17)18)11-7-5-4-6-10(11)14/h4-7H,3,8H2,1-2H3,(H,17,18). The van der Waals surface area contributed by atoms with Crippen LogP contribution in [0.3, 0.4) is 0 Å². The monoisotopic (exact) mass is 245 g/mol. The smallest absolute Gasteiger partial charge is 0.323 e. The molecule has 0 aliphatic heterocycles. The fourth-order valence-electron chi connectivity index (χ4n) is 2.30. The van der Waals surface area contributed by atoms with Gasteiger partial charge in [0.25, 0.3) is 0 Å². The molecule has 1 aromatic heterocycles. The number of nitrogens with zero attached hydrogens (tertiary/aromatic N) is 1. The number of rotatable bonds is 4. The number of carboxylic acids is 1. The van der Waals surface area contributed by atoms with Gasteiger partial charge in [0.1, 0.15) is 6.54 Å². The van der Waals surface area contributed by atoms with Gasteiger partial charge in [-0.2, -0.15) is 0 Å². The molecule has 0 fully saturated rings. The van der Waals surface area contributed by atoms with Crippen molar-refractivity contribution < 1.29 is 14.7 Å². The second kappa shape index (κ2) is 4.64. The molecular formula is C14H15NO3. The number of ketones is 1. The molecule has 0 atom stereocenters. The lowest BCUT2D eigenvalue weighted by molar-refractivity contribution is -0.137. The van der Waals surface area contributed by atoms with Crippen molar-refractivity contribution in [2.75, 3.05) is 0 Å². The van der Waals surface area contributed by atoms with Crippen molar-refractivity contribution in [2.45, 2.75) is 26.8 Å². The number of hydrogen-bond donors (Lipinski definition) is 1. The highest BCUT2D eigenvalue weighted by molar-refractivity contribution is 6.09. The molecule has 0 amide bonds. The number of para-hydroxylation sites is 1. The third-order valence-electron chi connectivity index (χ3n) is 3.12. The van der Waals surface area contributed by atoms with Crippen LogP contribution in [0.15, 0.2) is 24.3 Å². The second-order valence-electron chi connectivity index (χ2n) is 4.23. The summed E-state index contributed by atoms with van der Waals surface area (Å²) in [4.78, 5) is 22.9. The van der Waals surface area contributed by atoms with E-state index in [0.717, 1.165) is 16.6 Å². The number of carboxylic acid groups (broad SMARTS) is 1. The van der Waals surface area contributed by atoms with Crippen LogP contribution in [-0.4, -0.2) is 21.4 Å². The quantitative estimate of drug-likeness (QED) is 0.842. The number of benzene rings is 1. The summed E-state index contributed by atoms with van der Waals surface area (Å²) in [5.41, 5.74) is 2.18. The van der Waals surface area contributed by atoms with Crippen molar-refractivity contribution in [1.29, 1.82) is 0 Å². The molecule has 0 aliphatic carbocycles. The summed E-state index contributed by atoms with van der Waals surface area (Å²) in [5, 5.41) is 9.79. The zero-order chi connectivity index (χ0) is 13.3. The van der Waals surface area contributed by atoms with Gasteiger partial charge < -0.3 is 9.67 Å². The molecule has 18 heavy (non-hydrogen) atoms. The Bertz CT molecular complexity index is 625. The van der Waals surface area contributed by atoms with Gasteiger partial charge in [0, 0.05) is 28.6 Å². The minimum Gasteiger partial charge on any atom is -0.480 e. The van der Waals surface area contributed by atoms with E-state index in [4.69, 9.17) is 5.11 Å². The molecule has 4 heteroatoms. The van der Waals surface area contributed by atoms with Crippen LogP contribution in [0.2, 0.25) is 0 Å². The minimum absolute atomic E-state index is 0.0489. The Morgan fingerprint density at radius 3 is 2.56 bits per heavy atom. The maximum atomic E-state index is 12.0. The number of fused-ring (bicyclic) bond motifs is 1. The summed E-state index contributed by atoms with van der Waals surface area (Å²) in [6.07, 6.45) is 0.419. The Morgan fingerprint density at radius 2 is 1.94 bits per heavy atom. The van der Waals surface area contributed by atoms with Crippen LogP contribution in [0.1, 0.15) is 29.4 Å². The number of carbonyl (C=O) groups excluding carboxylic acids is 1. The predicted octanol–water partition coefficient (Wildman–Crippen LogP) is 2.63. The van der Waals surface area contributed by atoms with E-state index in [2.05, 4.69) is 0 Å². The van der Waals surface area contributed by atoms with E-state index in [1.165, 1.54) is 0 Å². The number of carbonyl (C=O) groups is 2. The third-order valence-corrected chi connectivity index (χ3v) is 3.12. The summed E-state index contributed by atoms with van der Waals surface area (Å²) in [6, 6.07) is 7.42. The Hall–Kier alpha value is -2.10.